The van der Waals surface area contributed by atoms with E-state index >= 15 is 0 Å². The highest BCUT2D eigenvalue weighted by atomic mass is 16.6. The zero-order valence-electron chi connectivity index (χ0n) is 19.1. The van der Waals surface area contributed by atoms with Crippen LogP contribution >= 0.6 is 0 Å². The Morgan fingerprint density at radius 3 is 2.31 bits per heavy atom. The van der Waals surface area contributed by atoms with Gasteiger partial charge in [-0.05, 0) is 42.8 Å². The highest BCUT2D eigenvalue weighted by molar-refractivity contribution is 6.13. The van der Waals surface area contributed by atoms with Crippen molar-refractivity contribution in [3.05, 3.63) is 65.4 Å². The van der Waals surface area contributed by atoms with Crippen LogP contribution in [0.5, 0.6) is 11.5 Å². The van der Waals surface area contributed by atoms with Gasteiger partial charge >= 0.3 is 5.97 Å². The number of esters is 1. The Morgan fingerprint density at radius 2 is 1.59 bits per heavy atom. The number of methoxy groups -OCH3 is 1. The average molecular weight is 436 g/mol. The first-order chi connectivity index (χ1) is 15.7. The minimum Gasteiger partial charge on any atom is -0.496 e. The molecule has 1 aliphatic rings. The summed E-state index contributed by atoms with van der Waals surface area (Å²) in [6.07, 6.45) is 11.9. The summed E-state index contributed by atoms with van der Waals surface area (Å²) < 4.78 is 16.5. The Bertz CT molecular complexity index is 931. The van der Waals surface area contributed by atoms with E-state index in [1.807, 2.05) is 48.5 Å². The van der Waals surface area contributed by atoms with E-state index in [0.717, 1.165) is 29.9 Å². The molecule has 1 heterocycles. The predicted octanol–water partition coefficient (Wildman–Crippen LogP) is 6.56. The van der Waals surface area contributed by atoms with Gasteiger partial charge in [0.25, 0.3) is 0 Å². The molecule has 0 fully saturated rings. The third-order valence-corrected chi connectivity index (χ3v) is 5.42. The van der Waals surface area contributed by atoms with Gasteiger partial charge in [0, 0.05) is 11.1 Å². The lowest BCUT2D eigenvalue weighted by Gasteiger charge is -2.07. The zero-order valence-corrected chi connectivity index (χ0v) is 19.1. The Labute approximate surface area is 191 Å². The molecule has 0 atom stereocenters. The van der Waals surface area contributed by atoms with E-state index in [0.29, 0.717) is 11.6 Å². The maximum absolute atomic E-state index is 12.3. The summed E-state index contributed by atoms with van der Waals surface area (Å²) in [6, 6.07) is 15.0. The number of hydrogen-bond donors (Lipinski definition) is 0. The second-order valence-corrected chi connectivity index (χ2v) is 7.93. The number of ether oxygens (including phenoxy) is 3. The number of carbonyl (C=O) groups is 1. The first kappa shape index (κ1) is 23.6. The second kappa shape index (κ2) is 12.7. The molecular weight excluding hydrogens is 402 g/mol. The van der Waals surface area contributed by atoms with E-state index in [1.54, 1.807) is 13.2 Å². The smallest absolute Gasteiger partial charge is 0.363 e. The van der Waals surface area contributed by atoms with E-state index < -0.39 is 5.97 Å². The molecule has 0 N–H and O–H groups in total. The first-order valence-electron chi connectivity index (χ1n) is 11.6. The molecule has 0 bridgehead atoms. The number of unbranched alkanes of at least 4 members (excludes halogenated alkanes) is 7. The number of hydrogen-bond acceptors (Lipinski definition) is 5. The molecule has 170 valence electrons. The molecule has 32 heavy (non-hydrogen) atoms. The molecule has 0 unspecified atom stereocenters. The summed E-state index contributed by atoms with van der Waals surface area (Å²) in [6.45, 7) is 2.96. The maximum Gasteiger partial charge on any atom is 0.363 e. The van der Waals surface area contributed by atoms with Crippen molar-refractivity contribution in [2.45, 2.75) is 58.3 Å². The Morgan fingerprint density at radius 1 is 0.906 bits per heavy atom. The van der Waals surface area contributed by atoms with Crippen molar-refractivity contribution >= 4 is 17.9 Å². The number of cyclic esters (lactones) is 1. The van der Waals surface area contributed by atoms with Gasteiger partial charge in [0.1, 0.15) is 11.5 Å². The molecule has 5 heteroatoms. The van der Waals surface area contributed by atoms with Gasteiger partial charge in [-0.3, -0.25) is 0 Å². The van der Waals surface area contributed by atoms with Crippen molar-refractivity contribution in [1.29, 1.82) is 0 Å². The third-order valence-electron chi connectivity index (χ3n) is 5.42. The van der Waals surface area contributed by atoms with Crippen molar-refractivity contribution in [2.24, 2.45) is 4.99 Å². The lowest BCUT2D eigenvalue weighted by Crippen LogP contribution is -2.05. The fraction of sp³-hybridized carbons (Fsp3) is 0.407. The van der Waals surface area contributed by atoms with Crippen LogP contribution in [0.1, 0.15) is 69.4 Å². The normalized spacial score (nSPS) is 14.4. The second-order valence-electron chi connectivity index (χ2n) is 7.93. The predicted molar refractivity (Wildman–Crippen MR) is 128 cm³/mol. The lowest BCUT2D eigenvalue weighted by atomic mass is 10.1. The number of rotatable bonds is 13. The monoisotopic (exact) mass is 435 g/mol. The number of nitrogens with zero attached hydrogens (tertiary/aromatic N) is 1. The van der Waals surface area contributed by atoms with Crippen LogP contribution in [0.3, 0.4) is 0 Å². The highest BCUT2D eigenvalue weighted by Gasteiger charge is 2.24. The van der Waals surface area contributed by atoms with Gasteiger partial charge in [-0.1, -0.05) is 70.1 Å². The molecule has 0 aliphatic carbocycles. The minimum atomic E-state index is -0.471. The SMILES string of the molecule is CCCCCCCCCCOc1ccc(C2=N/C(=C\c3ccccc3OC)C(=O)O2)cc1. The fourth-order valence-electron chi connectivity index (χ4n) is 3.59. The van der Waals surface area contributed by atoms with Crippen molar-refractivity contribution in [3.63, 3.8) is 0 Å². The van der Waals surface area contributed by atoms with Crippen LogP contribution in [0.4, 0.5) is 0 Å². The molecule has 5 nitrogen and oxygen atoms in total. The van der Waals surface area contributed by atoms with E-state index in [9.17, 15) is 4.79 Å². The summed E-state index contributed by atoms with van der Waals surface area (Å²) in [4.78, 5) is 16.6. The van der Waals surface area contributed by atoms with E-state index in [2.05, 4.69) is 11.9 Å². The molecule has 0 spiro atoms. The van der Waals surface area contributed by atoms with Gasteiger partial charge in [-0.25, -0.2) is 9.79 Å². The van der Waals surface area contributed by atoms with Gasteiger partial charge in [-0.2, -0.15) is 0 Å². The summed E-state index contributed by atoms with van der Waals surface area (Å²) >= 11 is 0. The summed E-state index contributed by atoms with van der Waals surface area (Å²) in [5, 5.41) is 0. The Balaban J connectivity index is 1.49. The summed E-state index contributed by atoms with van der Waals surface area (Å²) in [5.74, 6) is 1.31. The molecule has 3 rings (SSSR count). The summed E-state index contributed by atoms with van der Waals surface area (Å²) in [7, 11) is 1.59. The van der Waals surface area contributed by atoms with E-state index in [-0.39, 0.29) is 5.70 Å². The Hall–Kier alpha value is -3.08. The molecule has 0 aromatic heterocycles. The highest BCUT2D eigenvalue weighted by Crippen LogP contribution is 2.25. The minimum absolute atomic E-state index is 0.250. The first-order valence-corrected chi connectivity index (χ1v) is 11.6. The van der Waals surface area contributed by atoms with Crippen LogP contribution in [-0.2, 0) is 9.53 Å². The van der Waals surface area contributed by atoms with Gasteiger partial charge in [0.2, 0.25) is 5.90 Å². The lowest BCUT2D eigenvalue weighted by molar-refractivity contribution is -0.129. The van der Waals surface area contributed by atoms with Gasteiger partial charge in [0.15, 0.2) is 5.70 Å². The molecule has 2 aromatic carbocycles. The molecule has 1 aliphatic heterocycles. The largest absolute Gasteiger partial charge is 0.496 e. The average Bonchev–Trinajstić information content (AvgIpc) is 3.19. The maximum atomic E-state index is 12.3. The van der Waals surface area contributed by atoms with Gasteiger partial charge in [0.05, 0.1) is 13.7 Å². The van der Waals surface area contributed by atoms with E-state index in [1.165, 1.54) is 44.9 Å². The van der Waals surface area contributed by atoms with Crippen LogP contribution in [0.15, 0.2) is 59.2 Å². The third kappa shape index (κ3) is 6.98. The standard InChI is InChI=1S/C27H33NO4/c1-3-4-5-6-7-8-9-12-19-31-23-17-15-21(16-18-23)26-28-24(27(29)32-26)20-22-13-10-11-14-25(22)30-2/h10-11,13-18,20H,3-9,12,19H2,1-2H3/b24-20-. The van der Waals surface area contributed by atoms with Crippen molar-refractivity contribution < 1.29 is 19.0 Å². The molecule has 0 saturated carbocycles. The molecule has 0 radical (unpaired) electrons. The molecule has 0 saturated heterocycles. The number of carbonyl (C=O) groups excluding carboxylic acids is 1. The van der Waals surface area contributed by atoms with E-state index in [4.69, 9.17) is 14.2 Å². The number of aliphatic imine (C=N–C) groups is 1. The number of para-hydroxylation sites is 1. The quantitative estimate of drug-likeness (QED) is 0.203. The van der Waals surface area contributed by atoms with Crippen LogP contribution < -0.4 is 9.47 Å². The molecule has 2 aromatic rings. The fourth-order valence-corrected chi connectivity index (χ4v) is 3.59. The molecular formula is C27H33NO4. The number of benzene rings is 2. The molecule has 0 amide bonds. The zero-order chi connectivity index (χ0) is 22.6. The van der Waals surface area contributed by atoms with Crippen LogP contribution in [0.25, 0.3) is 6.08 Å². The van der Waals surface area contributed by atoms with Crippen molar-refractivity contribution in [1.82, 2.24) is 0 Å². The van der Waals surface area contributed by atoms with Crippen LogP contribution in [0.2, 0.25) is 0 Å². The van der Waals surface area contributed by atoms with Gasteiger partial charge in [-0.15, -0.1) is 0 Å². The van der Waals surface area contributed by atoms with Crippen LogP contribution in [-0.4, -0.2) is 25.6 Å². The van der Waals surface area contributed by atoms with Crippen molar-refractivity contribution in [2.75, 3.05) is 13.7 Å². The Kier molecular flexibility index (Phi) is 9.36. The van der Waals surface area contributed by atoms with Crippen LogP contribution in [0, 0.1) is 0 Å². The summed E-state index contributed by atoms with van der Waals surface area (Å²) in [5.41, 5.74) is 1.76. The van der Waals surface area contributed by atoms with Crippen molar-refractivity contribution in [3.8, 4) is 11.5 Å². The topological polar surface area (TPSA) is 57.1 Å². The van der Waals surface area contributed by atoms with Gasteiger partial charge < -0.3 is 14.2 Å².